The normalized spacial score (nSPS) is 11.3. The van der Waals surface area contributed by atoms with E-state index in [4.69, 9.17) is 9.15 Å². The maximum Gasteiger partial charge on any atom is 0.322 e. The first-order valence-electron chi connectivity index (χ1n) is 9.01. The molecule has 158 valence electrons. The van der Waals surface area contributed by atoms with Crippen molar-refractivity contribution in [3.63, 3.8) is 0 Å². The van der Waals surface area contributed by atoms with Gasteiger partial charge >= 0.3 is 6.01 Å². The van der Waals surface area contributed by atoms with Gasteiger partial charge in [0.1, 0.15) is 5.75 Å². The van der Waals surface area contributed by atoms with Crippen LogP contribution in [0, 0.1) is 0 Å². The number of hydrogen-bond acceptors (Lipinski definition) is 8. The lowest BCUT2D eigenvalue weighted by molar-refractivity contribution is -0.116. The predicted octanol–water partition coefficient (Wildman–Crippen LogP) is 3.19. The van der Waals surface area contributed by atoms with Crippen molar-refractivity contribution in [2.24, 2.45) is 0 Å². The summed E-state index contributed by atoms with van der Waals surface area (Å²) in [5.41, 5.74) is 1.000. The molecule has 0 saturated heterocycles. The number of ether oxygens (including phenoxy) is 1. The minimum Gasteiger partial charge on any atom is -0.497 e. The number of amides is 1. The number of methoxy groups -OCH3 is 1. The average molecular weight is 448 g/mol. The van der Waals surface area contributed by atoms with Crippen molar-refractivity contribution in [1.29, 1.82) is 0 Å². The van der Waals surface area contributed by atoms with E-state index in [1.54, 1.807) is 23.9 Å². The summed E-state index contributed by atoms with van der Waals surface area (Å²) in [4.78, 5) is 13.4. The third-order valence-electron chi connectivity index (χ3n) is 4.24. The predicted molar refractivity (Wildman–Crippen MR) is 114 cm³/mol. The van der Waals surface area contributed by atoms with Crippen LogP contribution in [0.15, 0.2) is 62.7 Å². The zero-order chi connectivity index (χ0) is 21.6. The van der Waals surface area contributed by atoms with Crippen molar-refractivity contribution in [3.05, 3.63) is 60.0 Å². The fraction of sp³-hybridized carbons (Fsp3) is 0.250. The number of hydrogen-bond donors (Lipinski definition) is 1. The highest BCUT2D eigenvalue weighted by Crippen LogP contribution is 2.19. The Hall–Kier alpha value is -2.85. The second-order valence-corrected chi connectivity index (χ2v) is 9.31. The quantitative estimate of drug-likeness (QED) is 0.498. The van der Waals surface area contributed by atoms with E-state index in [1.165, 1.54) is 19.2 Å². The molecule has 0 atom stereocenters. The summed E-state index contributed by atoms with van der Waals surface area (Å²) in [5.74, 6) is 0.0484. The third-order valence-corrected chi connectivity index (χ3v) is 6.72. The second-order valence-electron chi connectivity index (χ2n) is 6.32. The summed E-state index contributed by atoms with van der Waals surface area (Å²) in [6.45, 7) is 0. The van der Waals surface area contributed by atoms with E-state index in [-0.39, 0.29) is 23.1 Å². The van der Waals surface area contributed by atoms with Crippen LogP contribution in [-0.4, -0.2) is 43.6 Å². The van der Waals surface area contributed by atoms with Crippen LogP contribution in [0.4, 0.5) is 6.01 Å². The zero-order valence-electron chi connectivity index (χ0n) is 16.5. The minimum atomic E-state index is -3.60. The number of nitrogens with one attached hydrogen (secondary N) is 1. The maximum absolute atomic E-state index is 12.4. The highest BCUT2D eigenvalue weighted by molar-refractivity contribution is 7.98. The van der Waals surface area contributed by atoms with E-state index in [0.717, 1.165) is 10.5 Å². The molecule has 30 heavy (non-hydrogen) atoms. The van der Waals surface area contributed by atoms with E-state index < -0.39 is 15.7 Å². The minimum absolute atomic E-state index is 0.0578. The Morgan fingerprint density at radius 2 is 1.80 bits per heavy atom. The highest BCUT2D eigenvalue weighted by Gasteiger charge is 2.18. The molecule has 0 bridgehead atoms. The van der Waals surface area contributed by atoms with Crippen LogP contribution in [0.2, 0.25) is 0 Å². The lowest BCUT2D eigenvalue weighted by Crippen LogP contribution is -2.17. The number of anilines is 1. The molecule has 1 aromatic heterocycles. The average Bonchev–Trinajstić information content (AvgIpc) is 3.19. The molecule has 8 nitrogen and oxygen atoms in total. The van der Waals surface area contributed by atoms with Crippen LogP contribution in [0.1, 0.15) is 17.9 Å². The molecule has 1 N–H and O–H groups in total. The van der Waals surface area contributed by atoms with Gasteiger partial charge in [0.05, 0.1) is 24.2 Å². The largest absolute Gasteiger partial charge is 0.497 e. The summed E-state index contributed by atoms with van der Waals surface area (Å²) in [5, 5.41) is 10.1. The Morgan fingerprint density at radius 3 is 2.43 bits per heavy atom. The lowest BCUT2D eigenvalue weighted by atomic mass is 10.1. The van der Waals surface area contributed by atoms with Crippen LogP contribution < -0.4 is 10.1 Å². The summed E-state index contributed by atoms with van der Waals surface area (Å²) < 4.78 is 35.2. The van der Waals surface area contributed by atoms with Gasteiger partial charge in [-0.05, 0) is 48.2 Å². The first kappa shape index (κ1) is 21.8. The van der Waals surface area contributed by atoms with Gasteiger partial charge in [-0.3, -0.25) is 10.1 Å². The molecule has 2 aromatic carbocycles. The van der Waals surface area contributed by atoms with E-state index in [2.05, 4.69) is 15.5 Å². The first-order chi connectivity index (χ1) is 14.4. The van der Waals surface area contributed by atoms with Gasteiger partial charge in [0.15, 0.2) is 9.84 Å². The smallest absolute Gasteiger partial charge is 0.322 e. The van der Waals surface area contributed by atoms with Crippen molar-refractivity contribution < 1.29 is 22.4 Å². The maximum atomic E-state index is 12.4. The van der Waals surface area contributed by atoms with Crippen molar-refractivity contribution in [2.75, 3.05) is 24.4 Å². The van der Waals surface area contributed by atoms with E-state index in [1.807, 2.05) is 30.5 Å². The molecule has 0 spiro atoms. The standard InChI is InChI=1S/C20H21N3O5S2/c1-27-15-5-9-17(10-6-15)30(25,26)12-11-18(24)21-20-23-22-19(28-20)13-14-3-7-16(29-2)8-4-14/h3-10H,11-13H2,1-2H3,(H,21,23,24). The number of thioether (sulfide) groups is 1. The molecule has 0 saturated carbocycles. The number of rotatable bonds is 9. The topological polar surface area (TPSA) is 111 Å². The van der Waals surface area contributed by atoms with Gasteiger partial charge in [0.2, 0.25) is 11.8 Å². The summed E-state index contributed by atoms with van der Waals surface area (Å²) in [7, 11) is -2.10. The van der Waals surface area contributed by atoms with Gasteiger partial charge in [0, 0.05) is 11.3 Å². The van der Waals surface area contributed by atoms with E-state index >= 15 is 0 Å². The number of sulfone groups is 1. The van der Waals surface area contributed by atoms with E-state index in [9.17, 15) is 13.2 Å². The van der Waals surface area contributed by atoms with Gasteiger partial charge in [-0.1, -0.05) is 17.2 Å². The van der Waals surface area contributed by atoms with Gasteiger partial charge in [-0.15, -0.1) is 16.9 Å². The molecule has 0 radical (unpaired) electrons. The van der Waals surface area contributed by atoms with E-state index in [0.29, 0.717) is 18.1 Å². The number of nitrogens with zero attached hydrogens (tertiary/aromatic N) is 2. The fourth-order valence-corrected chi connectivity index (χ4v) is 4.25. The fourth-order valence-electron chi connectivity index (χ4n) is 2.60. The third kappa shape index (κ3) is 5.83. The molecule has 0 aliphatic heterocycles. The van der Waals surface area contributed by atoms with Crippen LogP contribution in [0.25, 0.3) is 0 Å². The van der Waals surface area contributed by atoms with Crippen LogP contribution in [-0.2, 0) is 21.1 Å². The number of carbonyl (C=O) groups is 1. The molecule has 1 heterocycles. The molecule has 0 unspecified atom stereocenters. The Bertz CT molecular complexity index is 1090. The molecular formula is C20H21N3O5S2. The molecular weight excluding hydrogens is 426 g/mol. The molecule has 1 amide bonds. The Labute approximate surface area is 179 Å². The van der Waals surface area contributed by atoms with Crippen molar-refractivity contribution in [2.45, 2.75) is 22.6 Å². The first-order valence-corrected chi connectivity index (χ1v) is 11.9. The lowest BCUT2D eigenvalue weighted by Gasteiger charge is -2.05. The Morgan fingerprint density at radius 1 is 1.10 bits per heavy atom. The molecule has 3 aromatic rings. The molecule has 0 aliphatic carbocycles. The van der Waals surface area contributed by atoms with Gasteiger partial charge < -0.3 is 9.15 Å². The van der Waals surface area contributed by atoms with Crippen molar-refractivity contribution in [1.82, 2.24) is 10.2 Å². The Kier molecular flexibility index (Phi) is 7.11. The molecule has 0 aliphatic rings. The molecule has 0 fully saturated rings. The molecule has 3 rings (SSSR count). The Balaban J connectivity index is 1.53. The van der Waals surface area contributed by atoms with Gasteiger partial charge in [-0.2, -0.15) is 0 Å². The van der Waals surface area contributed by atoms with Crippen LogP contribution >= 0.6 is 11.8 Å². The number of benzene rings is 2. The summed E-state index contributed by atoms with van der Waals surface area (Å²) in [6, 6.07) is 13.9. The highest BCUT2D eigenvalue weighted by atomic mass is 32.2. The SMILES string of the molecule is COc1ccc(S(=O)(=O)CCC(=O)Nc2nnc(Cc3ccc(SC)cc3)o2)cc1. The molecule has 10 heteroatoms. The van der Waals surface area contributed by atoms with Gasteiger partial charge in [0.25, 0.3) is 0 Å². The summed E-state index contributed by atoms with van der Waals surface area (Å²) in [6.07, 6.45) is 2.20. The van der Waals surface area contributed by atoms with Crippen LogP contribution in [0.5, 0.6) is 5.75 Å². The monoisotopic (exact) mass is 447 g/mol. The van der Waals surface area contributed by atoms with Crippen molar-refractivity contribution in [3.8, 4) is 5.75 Å². The zero-order valence-corrected chi connectivity index (χ0v) is 18.1. The van der Waals surface area contributed by atoms with Gasteiger partial charge in [-0.25, -0.2) is 8.42 Å². The van der Waals surface area contributed by atoms with Crippen LogP contribution in [0.3, 0.4) is 0 Å². The van der Waals surface area contributed by atoms with Crippen molar-refractivity contribution >= 4 is 33.5 Å². The number of carbonyl (C=O) groups excluding carboxylic acids is 1. The number of aromatic nitrogens is 2. The summed E-state index contributed by atoms with van der Waals surface area (Å²) >= 11 is 1.65. The second kappa shape index (κ2) is 9.77.